The van der Waals surface area contributed by atoms with Crippen LogP contribution in [0.15, 0.2) is 12.4 Å². The minimum absolute atomic E-state index is 0.127. The monoisotopic (exact) mass is 201 g/mol. The maximum Gasteiger partial charge on any atom is 0.154 e. The Morgan fingerprint density at radius 1 is 1.38 bits per heavy atom. The molecule has 0 saturated heterocycles. The average molecular weight is 201 g/mol. The van der Waals surface area contributed by atoms with E-state index in [1.165, 1.54) is 12.4 Å². The molecule has 13 heavy (non-hydrogen) atoms. The van der Waals surface area contributed by atoms with Crippen LogP contribution in [0, 0.1) is 0 Å². The maximum absolute atomic E-state index is 10.9. The maximum atomic E-state index is 10.9. The minimum atomic E-state index is -3.05. The van der Waals surface area contributed by atoms with Crippen molar-refractivity contribution >= 4 is 9.84 Å². The van der Waals surface area contributed by atoms with Crippen molar-refractivity contribution in [3.63, 3.8) is 0 Å². The Morgan fingerprint density at radius 2 is 1.92 bits per heavy atom. The van der Waals surface area contributed by atoms with E-state index < -0.39 is 9.84 Å². The van der Waals surface area contributed by atoms with Crippen molar-refractivity contribution in [3.05, 3.63) is 23.8 Å². The lowest BCUT2D eigenvalue weighted by Crippen LogP contribution is -2.06. The molecule has 2 N–H and O–H groups in total. The van der Waals surface area contributed by atoms with Crippen LogP contribution in [0.3, 0.4) is 0 Å². The SMILES string of the molecule is CS(=O)(=O)Cc1ncc(CN)cn1. The van der Waals surface area contributed by atoms with Crippen molar-refractivity contribution in [1.82, 2.24) is 9.97 Å². The van der Waals surface area contributed by atoms with Crippen molar-refractivity contribution in [2.75, 3.05) is 6.26 Å². The first-order valence-electron chi connectivity index (χ1n) is 3.69. The van der Waals surface area contributed by atoms with Crippen LogP contribution < -0.4 is 5.73 Å². The third kappa shape index (κ3) is 3.47. The number of aromatic nitrogens is 2. The second kappa shape index (κ2) is 3.80. The topological polar surface area (TPSA) is 85.9 Å². The lowest BCUT2D eigenvalue weighted by Gasteiger charge is -1.98. The largest absolute Gasteiger partial charge is 0.326 e. The van der Waals surface area contributed by atoms with Gasteiger partial charge in [-0.25, -0.2) is 18.4 Å². The van der Waals surface area contributed by atoms with E-state index in [9.17, 15) is 8.42 Å². The Balaban J connectivity index is 2.81. The Morgan fingerprint density at radius 3 is 2.31 bits per heavy atom. The van der Waals surface area contributed by atoms with Gasteiger partial charge in [0.15, 0.2) is 9.84 Å². The molecule has 0 aromatic carbocycles. The summed E-state index contributed by atoms with van der Waals surface area (Å²) in [5, 5.41) is 0. The molecule has 0 spiro atoms. The molecule has 1 heterocycles. The second-order valence-electron chi connectivity index (χ2n) is 2.78. The van der Waals surface area contributed by atoms with Crippen LogP contribution in [0.25, 0.3) is 0 Å². The molecular weight excluding hydrogens is 190 g/mol. The van der Waals surface area contributed by atoms with E-state index in [0.29, 0.717) is 12.4 Å². The molecule has 1 rings (SSSR count). The standard InChI is InChI=1S/C7H11N3O2S/c1-13(11,12)5-7-9-3-6(2-8)4-10-7/h3-4H,2,5,8H2,1H3. The van der Waals surface area contributed by atoms with E-state index in [4.69, 9.17) is 5.73 Å². The normalized spacial score (nSPS) is 11.5. The summed E-state index contributed by atoms with van der Waals surface area (Å²) in [5.41, 5.74) is 6.12. The van der Waals surface area contributed by atoms with Gasteiger partial charge >= 0.3 is 0 Å². The smallest absolute Gasteiger partial charge is 0.154 e. The first kappa shape index (κ1) is 10.1. The van der Waals surface area contributed by atoms with Crippen LogP contribution in [0.4, 0.5) is 0 Å². The van der Waals surface area contributed by atoms with Crippen LogP contribution in [-0.4, -0.2) is 24.6 Å². The van der Waals surface area contributed by atoms with Gasteiger partial charge in [0.1, 0.15) is 11.6 Å². The van der Waals surface area contributed by atoms with E-state index in [0.717, 1.165) is 11.8 Å². The van der Waals surface area contributed by atoms with E-state index in [2.05, 4.69) is 9.97 Å². The number of rotatable bonds is 3. The fraction of sp³-hybridized carbons (Fsp3) is 0.429. The molecule has 0 unspecified atom stereocenters. The second-order valence-corrected chi connectivity index (χ2v) is 4.92. The molecule has 72 valence electrons. The van der Waals surface area contributed by atoms with Gasteiger partial charge in [0.25, 0.3) is 0 Å². The summed E-state index contributed by atoms with van der Waals surface area (Å²) in [6.07, 6.45) is 4.22. The number of hydrogen-bond donors (Lipinski definition) is 1. The Labute approximate surface area is 76.9 Å². The third-order valence-electron chi connectivity index (χ3n) is 1.39. The predicted octanol–water partition coefficient (Wildman–Crippen LogP) is -0.520. The zero-order valence-electron chi connectivity index (χ0n) is 7.27. The molecule has 0 fully saturated rings. The summed E-state index contributed by atoms with van der Waals surface area (Å²) < 4.78 is 21.7. The fourth-order valence-electron chi connectivity index (χ4n) is 0.796. The van der Waals surface area contributed by atoms with Crippen LogP contribution in [-0.2, 0) is 22.1 Å². The van der Waals surface area contributed by atoms with Crippen LogP contribution in [0.5, 0.6) is 0 Å². The molecular formula is C7H11N3O2S. The van der Waals surface area contributed by atoms with Gasteiger partial charge in [-0.05, 0) is 0 Å². The summed E-state index contributed by atoms with van der Waals surface area (Å²) in [4.78, 5) is 7.73. The van der Waals surface area contributed by atoms with Gasteiger partial charge in [0.05, 0.1) is 0 Å². The lowest BCUT2D eigenvalue weighted by molar-refractivity contribution is 0.599. The van der Waals surface area contributed by atoms with Gasteiger partial charge in [0.2, 0.25) is 0 Å². The van der Waals surface area contributed by atoms with Crippen LogP contribution in [0.2, 0.25) is 0 Å². The van der Waals surface area contributed by atoms with Gasteiger partial charge in [-0.2, -0.15) is 0 Å². The lowest BCUT2D eigenvalue weighted by atomic mass is 10.3. The first-order chi connectivity index (χ1) is 6.01. The third-order valence-corrected chi connectivity index (χ3v) is 2.17. The highest BCUT2D eigenvalue weighted by molar-refractivity contribution is 7.89. The molecule has 0 aliphatic heterocycles. The number of hydrogen-bond acceptors (Lipinski definition) is 5. The molecule has 5 nitrogen and oxygen atoms in total. The summed E-state index contributed by atoms with van der Waals surface area (Å²) in [6, 6.07) is 0. The molecule has 6 heteroatoms. The molecule has 0 bridgehead atoms. The number of nitrogens with zero attached hydrogens (tertiary/aromatic N) is 2. The highest BCUT2D eigenvalue weighted by atomic mass is 32.2. The van der Waals surface area contributed by atoms with E-state index in [1.54, 1.807) is 0 Å². The summed E-state index contributed by atoms with van der Waals surface area (Å²) in [5.74, 6) is 0.178. The molecule has 1 aromatic rings. The quantitative estimate of drug-likeness (QED) is 0.711. The number of nitrogens with two attached hydrogens (primary N) is 1. The Kier molecular flexibility index (Phi) is 2.94. The van der Waals surface area contributed by atoms with Gasteiger partial charge in [-0.3, -0.25) is 0 Å². The molecule has 1 aromatic heterocycles. The van der Waals surface area contributed by atoms with E-state index in [-0.39, 0.29) is 5.75 Å². The van der Waals surface area contributed by atoms with E-state index >= 15 is 0 Å². The zero-order valence-corrected chi connectivity index (χ0v) is 8.08. The first-order valence-corrected chi connectivity index (χ1v) is 5.75. The Bertz CT molecular complexity index is 371. The molecule has 0 saturated carbocycles. The summed E-state index contributed by atoms with van der Waals surface area (Å²) in [6.45, 7) is 0.360. The zero-order chi connectivity index (χ0) is 9.90. The molecule has 0 aliphatic rings. The fourth-order valence-corrected chi connectivity index (χ4v) is 1.41. The van der Waals surface area contributed by atoms with Gasteiger partial charge in [-0.1, -0.05) is 0 Å². The van der Waals surface area contributed by atoms with Gasteiger partial charge in [0, 0.05) is 30.8 Å². The van der Waals surface area contributed by atoms with Crippen LogP contribution in [0.1, 0.15) is 11.4 Å². The van der Waals surface area contributed by atoms with Crippen molar-refractivity contribution in [3.8, 4) is 0 Å². The van der Waals surface area contributed by atoms with Crippen molar-refractivity contribution in [1.29, 1.82) is 0 Å². The average Bonchev–Trinajstić information content (AvgIpc) is 2.03. The molecule has 0 radical (unpaired) electrons. The number of sulfone groups is 1. The van der Waals surface area contributed by atoms with Crippen LogP contribution >= 0.6 is 0 Å². The highest BCUT2D eigenvalue weighted by Crippen LogP contribution is 1.99. The highest BCUT2D eigenvalue weighted by Gasteiger charge is 2.06. The van der Waals surface area contributed by atoms with E-state index in [1.807, 2.05) is 0 Å². The molecule has 0 amide bonds. The van der Waals surface area contributed by atoms with Crippen molar-refractivity contribution in [2.24, 2.45) is 5.73 Å². The predicted molar refractivity (Wildman–Crippen MR) is 48.5 cm³/mol. The van der Waals surface area contributed by atoms with Crippen molar-refractivity contribution in [2.45, 2.75) is 12.3 Å². The summed E-state index contributed by atoms with van der Waals surface area (Å²) in [7, 11) is -3.05. The molecule has 0 atom stereocenters. The minimum Gasteiger partial charge on any atom is -0.326 e. The van der Waals surface area contributed by atoms with Gasteiger partial charge < -0.3 is 5.73 Å². The Hall–Kier alpha value is -1.01. The van der Waals surface area contributed by atoms with Gasteiger partial charge in [-0.15, -0.1) is 0 Å². The molecule has 0 aliphatic carbocycles. The summed E-state index contributed by atoms with van der Waals surface area (Å²) >= 11 is 0. The van der Waals surface area contributed by atoms with Crippen molar-refractivity contribution < 1.29 is 8.42 Å².